The van der Waals surface area contributed by atoms with Gasteiger partial charge < -0.3 is 9.84 Å². The monoisotopic (exact) mass is 340 g/mol. The molecule has 100 valence electrons. The lowest BCUT2D eigenvalue weighted by Crippen LogP contribution is -2.02. The lowest BCUT2D eigenvalue weighted by molar-refractivity contribution is 0.178. The lowest BCUT2D eigenvalue weighted by Gasteiger charge is -2.13. The van der Waals surface area contributed by atoms with Crippen molar-refractivity contribution in [1.82, 2.24) is 0 Å². The second-order valence-electron chi connectivity index (χ2n) is 4.23. The molecule has 0 aromatic heterocycles. The van der Waals surface area contributed by atoms with Crippen molar-refractivity contribution in [1.29, 1.82) is 0 Å². The minimum Gasteiger partial charge on any atom is -0.497 e. The molecule has 2 rings (SSSR count). The number of halogens is 2. The third-order valence-corrected chi connectivity index (χ3v) is 3.74. The van der Waals surface area contributed by atoms with Crippen LogP contribution in [-0.4, -0.2) is 12.2 Å². The van der Waals surface area contributed by atoms with E-state index in [1.165, 1.54) is 0 Å². The van der Waals surface area contributed by atoms with Crippen LogP contribution in [0.4, 0.5) is 0 Å². The first-order chi connectivity index (χ1) is 9.10. The van der Waals surface area contributed by atoms with E-state index in [0.29, 0.717) is 11.4 Å². The Morgan fingerprint density at radius 2 is 1.89 bits per heavy atom. The molecule has 0 amide bonds. The topological polar surface area (TPSA) is 29.5 Å². The molecule has 0 aliphatic carbocycles. The molecule has 0 bridgehead atoms. The van der Waals surface area contributed by atoms with Crippen molar-refractivity contribution < 1.29 is 9.84 Å². The van der Waals surface area contributed by atoms with Gasteiger partial charge in [0.1, 0.15) is 5.75 Å². The van der Waals surface area contributed by atoms with Crippen LogP contribution < -0.4 is 4.74 Å². The van der Waals surface area contributed by atoms with Gasteiger partial charge in [-0.25, -0.2) is 0 Å². The first-order valence-corrected chi connectivity index (χ1v) is 7.03. The van der Waals surface area contributed by atoms with E-state index in [9.17, 15) is 5.11 Å². The first kappa shape index (κ1) is 14.4. The molecule has 0 fully saturated rings. The third-order valence-electron chi connectivity index (χ3n) is 2.91. The number of aliphatic hydroxyl groups excluding tert-OH is 1. The van der Waals surface area contributed by atoms with E-state index in [2.05, 4.69) is 15.9 Å². The van der Waals surface area contributed by atoms with Crippen LogP contribution in [0.1, 0.15) is 17.2 Å². The van der Waals surface area contributed by atoms with Crippen molar-refractivity contribution in [3.05, 3.63) is 63.1 Å². The summed E-state index contributed by atoms with van der Waals surface area (Å²) in [4.78, 5) is 0. The molecule has 0 aliphatic rings. The zero-order valence-electron chi connectivity index (χ0n) is 10.4. The standard InChI is InChI=1S/C15H14BrClO2/c1-19-12-5-2-10(3-6-12)8-15(18)13-9-11(16)4-7-14(13)17/h2-7,9,15,18H,8H2,1H3. The van der Waals surface area contributed by atoms with E-state index < -0.39 is 6.10 Å². The van der Waals surface area contributed by atoms with E-state index in [0.717, 1.165) is 21.3 Å². The number of methoxy groups -OCH3 is 1. The largest absolute Gasteiger partial charge is 0.497 e. The lowest BCUT2D eigenvalue weighted by atomic mass is 10.0. The van der Waals surface area contributed by atoms with E-state index in [4.69, 9.17) is 16.3 Å². The summed E-state index contributed by atoms with van der Waals surface area (Å²) >= 11 is 9.49. The van der Waals surface area contributed by atoms with Gasteiger partial charge in [0, 0.05) is 21.5 Å². The molecule has 0 saturated heterocycles. The maximum atomic E-state index is 10.3. The van der Waals surface area contributed by atoms with Crippen molar-refractivity contribution >= 4 is 27.5 Å². The quantitative estimate of drug-likeness (QED) is 0.894. The fourth-order valence-corrected chi connectivity index (χ4v) is 2.49. The van der Waals surface area contributed by atoms with Crippen LogP contribution in [0.2, 0.25) is 5.02 Å². The van der Waals surface area contributed by atoms with Gasteiger partial charge in [0.05, 0.1) is 13.2 Å². The molecule has 0 saturated carbocycles. The Morgan fingerprint density at radius 1 is 1.21 bits per heavy atom. The van der Waals surface area contributed by atoms with Crippen LogP contribution in [0.25, 0.3) is 0 Å². The zero-order valence-corrected chi connectivity index (χ0v) is 12.8. The van der Waals surface area contributed by atoms with Crippen LogP contribution in [0.5, 0.6) is 5.75 Å². The van der Waals surface area contributed by atoms with Crippen molar-refractivity contribution in [2.45, 2.75) is 12.5 Å². The molecule has 2 aromatic rings. The molecule has 2 nitrogen and oxygen atoms in total. The number of benzene rings is 2. The van der Waals surface area contributed by atoms with Gasteiger partial charge in [0.25, 0.3) is 0 Å². The Hall–Kier alpha value is -1.03. The number of hydrogen-bond acceptors (Lipinski definition) is 2. The average Bonchev–Trinajstić information content (AvgIpc) is 2.42. The van der Waals surface area contributed by atoms with E-state index in [-0.39, 0.29) is 0 Å². The fourth-order valence-electron chi connectivity index (χ4n) is 1.86. The molecular formula is C15H14BrClO2. The van der Waals surface area contributed by atoms with Gasteiger partial charge in [-0.3, -0.25) is 0 Å². The Balaban J connectivity index is 2.15. The van der Waals surface area contributed by atoms with Gasteiger partial charge in [0.15, 0.2) is 0 Å². The van der Waals surface area contributed by atoms with Crippen molar-refractivity contribution in [2.75, 3.05) is 7.11 Å². The highest BCUT2D eigenvalue weighted by Gasteiger charge is 2.13. The molecule has 0 spiro atoms. The molecule has 1 unspecified atom stereocenters. The van der Waals surface area contributed by atoms with Crippen LogP contribution in [0.15, 0.2) is 46.9 Å². The molecule has 4 heteroatoms. The smallest absolute Gasteiger partial charge is 0.118 e. The summed E-state index contributed by atoms with van der Waals surface area (Å²) in [6.45, 7) is 0. The second kappa shape index (κ2) is 6.42. The summed E-state index contributed by atoms with van der Waals surface area (Å²) in [5.74, 6) is 0.804. The molecule has 1 N–H and O–H groups in total. The van der Waals surface area contributed by atoms with Crippen LogP contribution in [0, 0.1) is 0 Å². The van der Waals surface area contributed by atoms with Crippen LogP contribution >= 0.6 is 27.5 Å². The fraction of sp³-hybridized carbons (Fsp3) is 0.200. The van der Waals surface area contributed by atoms with Crippen molar-refractivity contribution in [2.24, 2.45) is 0 Å². The summed E-state index contributed by atoms with van der Waals surface area (Å²) in [6, 6.07) is 13.1. The van der Waals surface area contributed by atoms with Crippen LogP contribution in [-0.2, 0) is 6.42 Å². The maximum absolute atomic E-state index is 10.3. The third kappa shape index (κ3) is 3.72. The Labute approximate surface area is 126 Å². The molecule has 2 aromatic carbocycles. The predicted molar refractivity (Wildman–Crippen MR) is 80.8 cm³/mol. The highest BCUT2D eigenvalue weighted by atomic mass is 79.9. The number of ether oxygens (including phenoxy) is 1. The normalized spacial score (nSPS) is 12.2. The van der Waals surface area contributed by atoms with Gasteiger partial charge >= 0.3 is 0 Å². The van der Waals surface area contributed by atoms with Gasteiger partial charge in [-0.2, -0.15) is 0 Å². The van der Waals surface area contributed by atoms with Gasteiger partial charge in [-0.05, 0) is 35.9 Å². The molecule has 19 heavy (non-hydrogen) atoms. The average molecular weight is 342 g/mol. The second-order valence-corrected chi connectivity index (χ2v) is 5.56. The highest BCUT2D eigenvalue weighted by molar-refractivity contribution is 9.10. The SMILES string of the molecule is COc1ccc(CC(O)c2cc(Br)ccc2Cl)cc1. The van der Waals surface area contributed by atoms with Crippen LogP contribution in [0.3, 0.4) is 0 Å². The molecule has 0 aliphatic heterocycles. The highest BCUT2D eigenvalue weighted by Crippen LogP contribution is 2.29. The van der Waals surface area contributed by atoms with E-state index in [1.54, 1.807) is 13.2 Å². The summed E-state index contributed by atoms with van der Waals surface area (Å²) in [5, 5.41) is 10.8. The summed E-state index contributed by atoms with van der Waals surface area (Å²) in [7, 11) is 1.63. The maximum Gasteiger partial charge on any atom is 0.118 e. The molecule has 0 radical (unpaired) electrons. The molecular weight excluding hydrogens is 328 g/mol. The van der Waals surface area contributed by atoms with Gasteiger partial charge in [0.2, 0.25) is 0 Å². The first-order valence-electron chi connectivity index (χ1n) is 5.86. The predicted octanol–water partition coefficient (Wildman–Crippen LogP) is 4.39. The Morgan fingerprint density at radius 3 is 2.53 bits per heavy atom. The minimum atomic E-state index is -0.626. The van der Waals surface area contributed by atoms with Crippen molar-refractivity contribution in [3.8, 4) is 5.75 Å². The number of rotatable bonds is 4. The van der Waals surface area contributed by atoms with Crippen molar-refractivity contribution in [3.63, 3.8) is 0 Å². The van der Waals surface area contributed by atoms with E-state index >= 15 is 0 Å². The van der Waals surface area contributed by atoms with E-state index in [1.807, 2.05) is 36.4 Å². The minimum absolute atomic E-state index is 0.514. The summed E-state index contributed by atoms with van der Waals surface area (Å²) in [6.07, 6.45) is -0.112. The summed E-state index contributed by atoms with van der Waals surface area (Å²) in [5.41, 5.74) is 1.76. The molecule has 0 heterocycles. The Kier molecular flexibility index (Phi) is 4.86. The van der Waals surface area contributed by atoms with Gasteiger partial charge in [-0.15, -0.1) is 0 Å². The van der Waals surface area contributed by atoms with Gasteiger partial charge in [-0.1, -0.05) is 39.7 Å². The molecule has 1 atom stereocenters. The summed E-state index contributed by atoms with van der Waals surface area (Å²) < 4.78 is 6.01. The zero-order chi connectivity index (χ0) is 13.8. The number of aliphatic hydroxyl groups is 1. The number of hydrogen-bond donors (Lipinski definition) is 1. The Bertz CT molecular complexity index is 555.